The fourth-order valence-corrected chi connectivity index (χ4v) is 1.38. The zero-order valence-corrected chi connectivity index (χ0v) is 9.05. The van der Waals surface area contributed by atoms with Gasteiger partial charge in [-0.3, -0.25) is 4.98 Å². The number of pyridine rings is 1. The summed E-state index contributed by atoms with van der Waals surface area (Å²) in [4.78, 5) is 4.10. The van der Waals surface area contributed by atoms with Gasteiger partial charge in [0.1, 0.15) is 11.5 Å². The first-order valence-corrected chi connectivity index (χ1v) is 5.08. The highest BCUT2D eigenvalue weighted by Crippen LogP contribution is 2.21. The Morgan fingerprint density at radius 2 is 1.88 bits per heavy atom. The molecule has 0 spiro atoms. The van der Waals surface area contributed by atoms with Crippen molar-refractivity contribution in [2.24, 2.45) is 0 Å². The van der Waals surface area contributed by atoms with E-state index in [1.54, 1.807) is 6.20 Å². The lowest BCUT2D eigenvalue weighted by atomic mass is 10.2. The normalized spacial score (nSPS) is 10.1. The molecule has 0 atom stereocenters. The van der Waals surface area contributed by atoms with E-state index in [1.807, 2.05) is 43.3 Å². The van der Waals surface area contributed by atoms with Gasteiger partial charge in [0.15, 0.2) is 0 Å². The molecule has 1 N–H and O–H groups in total. The summed E-state index contributed by atoms with van der Waals surface area (Å²) < 4.78 is 5.64. The maximum Gasteiger partial charge on any atom is 0.130 e. The molecule has 0 saturated carbocycles. The lowest BCUT2D eigenvalue weighted by Gasteiger charge is -2.06. The average Bonchev–Trinajstić information content (AvgIpc) is 2.30. The molecule has 0 amide bonds. The van der Waals surface area contributed by atoms with Crippen LogP contribution in [-0.4, -0.2) is 10.1 Å². The average molecular weight is 215 g/mol. The topological polar surface area (TPSA) is 42.4 Å². The monoisotopic (exact) mass is 215 g/mol. The Hall–Kier alpha value is -1.87. The van der Waals surface area contributed by atoms with E-state index in [9.17, 15) is 0 Å². The summed E-state index contributed by atoms with van der Waals surface area (Å²) in [7, 11) is 0. The highest BCUT2D eigenvalue weighted by Gasteiger charge is 1.98. The molecule has 0 aliphatic heterocycles. The quantitative estimate of drug-likeness (QED) is 0.855. The summed E-state index contributed by atoms with van der Waals surface area (Å²) in [5.41, 5.74) is 1.79. The van der Waals surface area contributed by atoms with E-state index in [0.717, 1.165) is 22.8 Å². The maximum atomic E-state index is 8.91. The van der Waals surface area contributed by atoms with Crippen LogP contribution >= 0.6 is 0 Å². The number of benzene rings is 1. The molecular weight excluding hydrogens is 202 g/mol. The van der Waals surface area contributed by atoms with Crippen LogP contribution in [0.3, 0.4) is 0 Å². The Balaban J connectivity index is 2.14. The number of rotatable bonds is 3. The van der Waals surface area contributed by atoms with E-state index in [4.69, 9.17) is 9.84 Å². The molecule has 0 aliphatic rings. The number of aliphatic hydroxyl groups excluding tert-OH is 1. The molecule has 0 saturated heterocycles. The van der Waals surface area contributed by atoms with Crippen LogP contribution in [0, 0.1) is 6.92 Å². The number of nitrogens with zero attached hydrogens (tertiary/aromatic N) is 1. The summed E-state index contributed by atoms with van der Waals surface area (Å²) in [6.07, 6.45) is 1.72. The number of hydrogen-bond donors (Lipinski definition) is 1. The molecule has 1 aromatic heterocycles. The van der Waals surface area contributed by atoms with Crippen LogP contribution in [-0.2, 0) is 6.61 Å². The molecule has 2 rings (SSSR count). The van der Waals surface area contributed by atoms with Crippen molar-refractivity contribution in [1.29, 1.82) is 0 Å². The summed E-state index contributed by atoms with van der Waals surface area (Å²) in [6.45, 7) is 1.97. The first-order valence-electron chi connectivity index (χ1n) is 5.08. The fraction of sp³-hybridized carbons (Fsp3) is 0.154. The summed E-state index contributed by atoms with van der Waals surface area (Å²) in [5, 5.41) is 8.91. The molecular formula is C13H13NO2. The summed E-state index contributed by atoms with van der Waals surface area (Å²) in [5.74, 6) is 1.52. The van der Waals surface area contributed by atoms with Crippen molar-refractivity contribution in [1.82, 2.24) is 4.98 Å². The van der Waals surface area contributed by atoms with Crippen LogP contribution in [0.5, 0.6) is 11.5 Å². The SMILES string of the molecule is Cc1cc(Oc2ccc(CO)cc2)ccn1. The number of aryl methyl sites for hydroxylation is 1. The Bertz CT molecular complexity index is 466. The predicted molar refractivity (Wildman–Crippen MR) is 61.4 cm³/mol. The van der Waals surface area contributed by atoms with Gasteiger partial charge in [0.05, 0.1) is 6.61 Å². The van der Waals surface area contributed by atoms with Crippen molar-refractivity contribution in [2.45, 2.75) is 13.5 Å². The maximum absolute atomic E-state index is 8.91. The van der Waals surface area contributed by atoms with Gasteiger partial charge in [-0.05, 0) is 30.7 Å². The molecule has 2 aromatic rings. The first kappa shape index (κ1) is 10.6. The zero-order valence-electron chi connectivity index (χ0n) is 9.05. The van der Waals surface area contributed by atoms with E-state index in [-0.39, 0.29) is 6.61 Å². The molecule has 0 fully saturated rings. The van der Waals surface area contributed by atoms with E-state index in [1.165, 1.54) is 0 Å². The first-order chi connectivity index (χ1) is 7.78. The second-order valence-electron chi connectivity index (χ2n) is 3.54. The van der Waals surface area contributed by atoms with Crippen LogP contribution in [0.4, 0.5) is 0 Å². The van der Waals surface area contributed by atoms with E-state index in [2.05, 4.69) is 4.98 Å². The third kappa shape index (κ3) is 2.58. The van der Waals surface area contributed by atoms with E-state index >= 15 is 0 Å². The molecule has 0 radical (unpaired) electrons. The Morgan fingerprint density at radius 1 is 1.12 bits per heavy atom. The molecule has 3 nitrogen and oxygen atoms in total. The van der Waals surface area contributed by atoms with Gasteiger partial charge in [0, 0.05) is 18.0 Å². The van der Waals surface area contributed by atoms with Gasteiger partial charge in [0.25, 0.3) is 0 Å². The highest BCUT2D eigenvalue weighted by atomic mass is 16.5. The third-order valence-corrected chi connectivity index (χ3v) is 2.21. The zero-order chi connectivity index (χ0) is 11.4. The van der Waals surface area contributed by atoms with Gasteiger partial charge in [-0.1, -0.05) is 12.1 Å². The lowest BCUT2D eigenvalue weighted by Crippen LogP contribution is -1.87. The summed E-state index contributed by atoms with van der Waals surface area (Å²) >= 11 is 0. The number of aromatic nitrogens is 1. The molecule has 82 valence electrons. The van der Waals surface area contributed by atoms with Crippen LogP contribution in [0.2, 0.25) is 0 Å². The minimum absolute atomic E-state index is 0.0502. The standard InChI is InChI=1S/C13H13NO2/c1-10-8-13(6-7-14-10)16-12-4-2-11(9-15)3-5-12/h2-8,15H,9H2,1H3. The molecule has 1 aromatic carbocycles. The van der Waals surface area contributed by atoms with Crippen molar-refractivity contribution in [3.05, 3.63) is 53.9 Å². The van der Waals surface area contributed by atoms with Crippen LogP contribution in [0.25, 0.3) is 0 Å². The van der Waals surface area contributed by atoms with Crippen LogP contribution in [0.1, 0.15) is 11.3 Å². The molecule has 0 unspecified atom stereocenters. The van der Waals surface area contributed by atoms with E-state index < -0.39 is 0 Å². The van der Waals surface area contributed by atoms with Crippen LogP contribution in [0.15, 0.2) is 42.6 Å². The van der Waals surface area contributed by atoms with Gasteiger partial charge >= 0.3 is 0 Å². The second kappa shape index (κ2) is 4.77. The smallest absolute Gasteiger partial charge is 0.130 e. The van der Waals surface area contributed by atoms with Gasteiger partial charge < -0.3 is 9.84 Å². The Kier molecular flexibility index (Phi) is 3.17. The molecule has 1 heterocycles. The second-order valence-corrected chi connectivity index (χ2v) is 3.54. The van der Waals surface area contributed by atoms with E-state index in [0.29, 0.717) is 0 Å². The van der Waals surface area contributed by atoms with Crippen molar-refractivity contribution in [3.8, 4) is 11.5 Å². The van der Waals surface area contributed by atoms with Crippen LogP contribution < -0.4 is 4.74 Å². The molecule has 16 heavy (non-hydrogen) atoms. The predicted octanol–water partition coefficient (Wildman–Crippen LogP) is 2.67. The minimum Gasteiger partial charge on any atom is -0.457 e. The molecule has 0 bridgehead atoms. The van der Waals surface area contributed by atoms with Gasteiger partial charge in [-0.15, -0.1) is 0 Å². The largest absolute Gasteiger partial charge is 0.457 e. The number of aliphatic hydroxyl groups is 1. The van der Waals surface area contributed by atoms with Crippen molar-refractivity contribution in [3.63, 3.8) is 0 Å². The van der Waals surface area contributed by atoms with Gasteiger partial charge in [-0.25, -0.2) is 0 Å². The minimum atomic E-state index is 0.0502. The highest BCUT2D eigenvalue weighted by molar-refractivity contribution is 5.32. The van der Waals surface area contributed by atoms with Crippen molar-refractivity contribution >= 4 is 0 Å². The van der Waals surface area contributed by atoms with Crippen molar-refractivity contribution < 1.29 is 9.84 Å². The third-order valence-electron chi connectivity index (χ3n) is 2.21. The molecule has 0 aliphatic carbocycles. The summed E-state index contributed by atoms with van der Waals surface area (Å²) in [6, 6.07) is 11.0. The number of ether oxygens (including phenoxy) is 1. The molecule has 3 heteroatoms. The van der Waals surface area contributed by atoms with Gasteiger partial charge in [0.2, 0.25) is 0 Å². The van der Waals surface area contributed by atoms with Gasteiger partial charge in [-0.2, -0.15) is 0 Å². The fourth-order valence-electron chi connectivity index (χ4n) is 1.38. The Labute approximate surface area is 94.3 Å². The lowest BCUT2D eigenvalue weighted by molar-refractivity contribution is 0.281. The van der Waals surface area contributed by atoms with Crippen molar-refractivity contribution in [2.75, 3.05) is 0 Å². The Morgan fingerprint density at radius 3 is 2.50 bits per heavy atom. The number of hydrogen-bond acceptors (Lipinski definition) is 3.